The average Bonchev–Trinajstić information content (AvgIpc) is 3.21. The maximum absolute atomic E-state index is 12.5. The van der Waals surface area contributed by atoms with Gasteiger partial charge >= 0.3 is 0 Å². The highest BCUT2D eigenvalue weighted by Gasteiger charge is 2.22. The van der Waals surface area contributed by atoms with Crippen LogP contribution in [-0.4, -0.2) is 36.5 Å². The van der Waals surface area contributed by atoms with Crippen molar-refractivity contribution in [2.75, 3.05) is 0 Å². The molecule has 0 spiro atoms. The van der Waals surface area contributed by atoms with Crippen molar-refractivity contribution in [1.29, 1.82) is 0 Å². The highest BCUT2D eigenvalue weighted by atomic mass is 16.2. The normalized spacial score (nSPS) is 16.5. The number of nitrogens with zero attached hydrogens (tertiary/aromatic N) is 5. The molecule has 0 saturated heterocycles. The van der Waals surface area contributed by atoms with Crippen LogP contribution in [0.2, 0.25) is 0 Å². The summed E-state index contributed by atoms with van der Waals surface area (Å²) in [6.07, 6.45) is 5.44. The van der Waals surface area contributed by atoms with Gasteiger partial charge in [0.2, 0.25) is 0 Å². The Morgan fingerprint density at radius 3 is 2.80 bits per heavy atom. The topological polar surface area (TPSA) is 77.6 Å². The van der Waals surface area contributed by atoms with Gasteiger partial charge in [0.15, 0.2) is 5.69 Å². The molecule has 2 aromatic heterocycles. The third-order valence-electron chi connectivity index (χ3n) is 4.47. The summed E-state index contributed by atoms with van der Waals surface area (Å²) < 4.78 is 3.74. The Hall–Kier alpha value is -2.96. The summed E-state index contributed by atoms with van der Waals surface area (Å²) in [4.78, 5) is 17.0. The Morgan fingerprint density at radius 1 is 1.20 bits per heavy atom. The van der Waals surface area contributed by atoms with E-state index in [2.05, 4.69) is 25.2 Å². The predicted molar refractivity (Wildman–Crippen MR) is 92.6 cm³/mol. The van der Waals surface area contributed by atoms with E-state index < -0.39 is 0 Å². The van der Waals surface area contributed by atoms with Gasteiger partial charge in [-0.1, -0.05) is 22.9 Å². The first kappa shape index (κ1) is 15.6. The van der Waals surface area contributed by atoms with Gasteiger partial charge in [-0.05, 0) is 32.4 Å². The summed E-state index contributed by atoms with van der Waals surface area (Å²) in [5, 5.41) is 11.1. The molecule has 128 valence electrons. The number of nitrogens with one attached hydrogen (secondary N) is 1. The van der Waals surface area contributed by atoms with Crippen LogP contribution in [0.15, 0.2) is 36.7 Å². The lowest BCUT2D eigenvalue weighted by Gasteiger charge is -2.24. The van der Waals surface area contributed by atoms with E-state index in [4.69, 9.17) is 0 Å². The number of carbonyl (C=O) groups excluding carboxylic acids is 1. The van der Waals surface area contributed by atoms with Crippen LogP contribution < -0.4 is 5.32 Å². The van der Waals surface area contributed by atoms with E-state index in [0.29, 0.717) is 5.69 Å². The second-order valence-electron chi connectivity index (χ2n) is 6.54. The smallest absolute Gasteiger partial charge is 0.273 e. The van der Waals surface area contributed by atoms with E-state index in [1.807, 2.05) is 44.3 Å². The Bertz CT molecular complexity index is 908. The van der Waals surface area contributed by atoms with Crippen LogP contribution in [0.4, 0.5) is 0 Å². The summed E-state index contributed by atoms with van der Waals surface area (Å²) in [5.74, 6) is 0.900. The Balaban J connectivity index is 1.44. The van der Waals surface area contributed by atoms with Gasteiger partial charge in [-0.3, -0.25) is 4.79 Å². The van der Waals surface area contributed by atoms with Crippen LogP contribution in [-0.2, 0) is 13.0 Å². The lowest BCUT2D eigenvalue weighted by Crippen LogP contribution is -2.41. The van der Waals surface area contributed by atoms with Crippen molar-refractivity contribution in [1.82, 2.24) is 29.9 Å². The molecule has 3 aromatic rings. The Labute approximate surface area is 145 Å². The average molecular weight is 336 g/mol. The van der Waals surface area contributed by atoms with Gasteiger partial charge in [0.1, 0.15) is 5.82 Å². The van der Waals surface area contributed by atoms with Crippen LogP contribution >= 0.6 is 0 Å². The summed E-state index contributed by atoms with van der Waals surface area (Å²) in [6.45, 7) is 4.76. The molecule has 7 heteroatoms. The molecule has 0 unspecified atom stereocenters. The summed E-state index contributed by atoms with van der Waals surface area (Å²) >= 11 is 0. The van der Waals surface area contributed by atoms with Gasteiger partial charge < -0.3 is 9.88 Å². The third-order valence-corrected chi connectivity index (χ3v) is 4.47. The lowest BCUT2D eigenvalue weighted by molar-refractivity contribution is 0.0922. The largest absolute Gasteiger partial charge is 0.346 e. The fraction of sp³-hybridized carbons (Fsp3) is 0.333. The number of aromatic nitrogens is 5. The van der Waals surface area contributed by atoms with Crippen molar-refractivity contribution in [2.45, 2.75) is 39.3 Å². The first-order chi connectivity index (χ1) is 12.1. The van der Waals surface area contributed by atoms with E-state index in [9.17, 15) is 4.79 Å². The monoisotopic (exact) mass is 336 g/mol. The Kier molecular flexibility index (Phi) is 3.83. The van der Waals surface area contributed by atoms with Crippen LogP contribution in [0.25, 0.3) is 5.69 Å². The number of hydrogen-bond donors (Lipinski definition) is 1. The first-order valence-electron chi connectivity index (χ1n) is 8.41. The van der Waals surface area contributed by atoms with Crippen molar-refractivity contribution in [2.24, 2.45) is 0 Å². The number of amides is 1. The van der Waals surface area contributed by atoms with Crippen molar-refractivity contribution >= 4 is 5.91 Å². The van der Waals surface area contributed by atoms with Gasteiger partial charge in [-0.15, -0.1) is 5.10 Å². The van der Waals surface area contributed by atoms with Gasteiger partial charge in [0.25, 0.3) is 5.91 Å². The third kappa shape index (κ3) is 3.17. The Morgan fingerprint density at radius 2 is 2.00 bits per heavy atom. The quantitative estimate of drug-likeness (QED) is 0.791. The van der Waals surface area contributed by atoms with Crippen LogP contribution in [0.3, 0.4) is 0 Å². The molecule has 0 aliphatic carbocycles. The number of hydrogen-bond acceptors (Lipinski definition) is 4. The summed E-state index contributed by atoms with van der Waals surface area (Å²) in [6, 6.07) is 8.00. The number of imidazole rings is 1. The molecular weight excluding hydrogens is 316 g/mol. The molecule has 1 aliphatic rings. The molecule has 7 nitrogen and oxygen atoms in total. The van der Waals surface area contributed by atoms with Crippen LogP contribution in [0.1, 0.15) is 34.0 Å². The molecule has 3 heterocycles. The second-order valence-corrected chi connectivity index (χ2v) is 6.54. The number of benzene rings is 1. The zero-order valence-electron chi connectivity index (χ0n) is 14.3. The zero-order chi connectivity index (χ0) is 17.4. The molecule has 1 atom stereocenters. The van der Waals surface area contributed by atoms with Crippen molar-refractivity contribution < 1.29 is 4.79 Å². The number of rotatable bonds is 3. The zero-order valence-corrected chi connectivity index (χ0v) is 14.3. The number of fused-ring (bicyclic) bond motifs is 1. The van der Waals surface area contributed by atoms with Gasteiger partial charge in [-0.2, -0.15) is 0 Å². The molecule has 1 N–H and O–H groups in total. The predicted octanol–water partition coefficient (Wildman–Crippen LogP) is 1.83. The highest BCUT2D eigenvalue weighted by molar-refractivity contribution is 5.92. The first-order valence-corrected chi connectivity index (χ1v) is 8.41. The minimum absolute atomic E-state index is 0.0816. The lowest BCUT2D eigenvalue weighted by atomic mass is 10.1. The maximum atomic E-state index is 12.5. The van der Waals surface area contributed by atoms with Crippen LogP contribution in [0.5, 0.6) is 0 Å². The van der Waals surface area contributed by atoms with Crippen molar-refractivity contribution in [3.63, 3.8) is 0 Å². The van der Waals surface area contributed by atoms with Crippen molar-refractivity contribution in [3.8, 4) is 5.69 Å². The molecule has 1 aliphatic heterocycles. The van der Waals surface area contributed by atoms with Crippen molar-refractivity contribution in [3.05, 3.63) is 59.4 Å². The molecular formula is C18H20N6O. The highest BCUT2D eigenvalue weighted by Crippen LogP contribution is 2.15. The summed E-state index contributed by atoms with van der Waals surface area (Å²) in [7, 11) is 0. The molecule has 0 saturated carbocycles. The second kappa shape index (κ2) is 6.16. The molecule has 25 heavy (non-hydrogen) atoms. The van der Waals surface area contributed by atoms with Gasteiger partial charge in [0.05, 0.1) is 17.6 Å². The molecule has 1 aromatic carbocycles. The van der Waals surface area contributed by atoms with E-state index in [0.717, 1.165) is 36.6 Å². The molecule has 1 amide bonds. The van der Waals surface area contributed by atoms with Gasteiger partial charge in [-0.25, -0.2) is 9.67 Å². The standard InChI is InChI=1S/C18H20N6O/c1-12-3-6-15(7-4-12)24-11-16(21-22-24)18(25)20-14-5-8-17-19-13(2)9-23(17)10-14/h3-4,6-7,9,11,14H,5,8,10H2,1-2H3,(H,20,25)/t14-/m0/s1. The van der Waals surface area contributed by atoms with E-state index in [1.54, 1.807) is 10.9 Å². The molecule has 4 rings (SSSR count). The van der Waals surface area contributed by atoms with Crippen LogP contribution in [0, 0.1) is 13.8 Å². The maximum Gasteiger partial charge on any atom is 0.273 e. The molecule has 0 fully saturated rings. The summed E-state index contributed by atoms with van der Waals surface area (Å²) in [5.41, 5.74) is 3.40. The SMILES string of the molecule is Cc1ccc(-n2cc(C(=O)N[C@H]3CCc4nc(C)cn4C3)nn2)cc1. The van der Waals surface area contributed by atoms with Gasteiger partial charge in [0, 0.05) is 25.2 Å². The van der Waals surface area contributed by atoms with E-state index in [1.165, 1.54) is 5.56 Å². The number of carbonyl (C=O) groups is 1. The fourth-order valence-electron chi connectivity index (χ4n) is 3.16. The number of aryl methyl sites for hydroxylation is 3. The molecule has 0 bridgehead atoms. The van der Waals surface area contributed by atoms with E-state index in [-0.39, 0.29) is 11.9 Å². The fourth-order valence-corrected chi connectivity index (χ4v) is 3.16. The van der Waals surface area contributed by atoms with E-state index >= 15 is 0 Å². The minimum atomic E-state index is -0.191. The molecule has 0 radical (unpaired) electrons. The minimum Gasteiger partial charge on any atom is -0.346 e.